The summed E-state index contributed by atoms with van der Waals surface area (Å²) in [5.74, 6) is -3.19. The molecule has 0 radical (unpaired) electrons. The number of benzene rings is 1. The minimum absolute atomic E-state index is 0.308. The van der Waals surface area contributed by atoms with E-state index in [1.807, 2.05) is 0 Å². The fourth-order valence-corrected chi connectivity index (χ4v) is 2.82. The van der Waals surface area contributed by atoms with Gasteiger partial charge in [-0.1, -0.05) is 0 Å². The van der Waals surface area contributed by atoms with E-state index in [0.29, 0.717) is 24.3 Å². The van der Waals surface area contributed by atoms with Gasteiger partial charge >= 0.3 is 5.97 Å². The molecular weight excluding hydrogens is 355 g/mol. The van der Waals surface area contributed by atoms with Crippen molar-refractivity contribution < 1.29 is 23.9 Å². The van der Waals surface area contributed by atoms with Crippen molar-refractivity contribution in [3.63, 3.8) is 0 Å². The van der Waals surface area contributed by atoms with Crippen LogP contribution in [0, 0.1) is 11.7 Å². The van der Waals surface area contributed by atoms with E-state index in [2.05, 4.69) is 10.4 Å². The number of hydrogen-bond donors (Lipinski definition) is 2. The molecule has 1 saturated heterocycles. The first-order chi connectivity index (χ1) is 12.7. The number of amides is 2. The fraction of sp³-hybridized carbons (Fsp3) is 0.333. The number of rotatable bonds is 5. The Morgan fingerprint density at radius 2 is 1.96 bits per heavy atom. The van der Waals surface area contributed by atoms with Gasteiger partial charge in [0.2, 0.25) is 11.8 Å². The average Bonchev–Trinajstić information content (AvgIpc) is 3.23. The minimum Gasteiger partial charge on any atom is -0.479 e. The lowest BCUT2D eigenvalue weighted by molar-refractivity contribution is -0.146. The van der Waals surface area contributed by atoms with Crippen LogP contribution in [0.1, 0.15) is 20.3 Å². The number of nitrogens with zero attached hydrogens (tertiary/aromatic N) is 3. The predicted molar refractivity (Wildman–Crippen MR) is 94.7 cm³/mol. The molecule has 1 aromatic heterocycles. The van der Waals surface area contributed by atoms with Crippen LogP contribution in [0.2, 0.25) is 0 Å². The van der Waals surface area contributed by atoms with E-state index in [-0.39, 0.29) is 5.91 Å². The molecule has 1 aliphatic rings. The Bertz CT molecular complexity index is 891. The van der Waals surface area contributed by atoms with Gasteiger partial charge in [0.25, 0.3) is 0 Å². The van der Waals surface area contributed by atoms with Gasteiger partial charge in [-0.05, 0) is 44.5 Å². The third-order valence-electron chi connectivity index (χ3n) is 4.61. The van der Waals surface area contributed by atoms with E-state index in [4.69, 9.17) is 0 Å². The van der Waals surface area contributed by atoms with E-state index in [9.17, 15) is 23.9 Å². The van der Waals surface area contributed by atoms with Crippen LogP contribution in [-0.4, -0.2) is 39.2 Å². The van der Waals surface area contributed by atoms with Crippen molar-refractivity contribution in [3.8, 4) is 0 Å². The van der Waals surface area contributed by atoms with Crippen LogP contribution >= 0.6 is 0 Å². The van der Waals surface area contributed by atoms with Gasteiger partial charge in [0.1, 0.15) is 11.7 Å². The lowest BCUT2D eigenvalue weighted by Crippen LogP contribution is -2.36. The van der Waals surface area contributed by atoms with E-state index in [0.717, 1.165) is 0 Å². The number of hydrogen-bond acceptors (Lipinski definition) is 4. The Morgan fingerprint density at radius 3 is 2.59 bits per heavy atom. The van der Waals surface area contributed by atoms with Crippen molar-refractivity contribution >= 4 is 29.2 Å². The molecule has 0 spiro atoms. The summed E-state index contributed by atoms with van der Waals surface area (Å²) < 4.78 is 14.3. The molecule has 1 atom stereocenters. The average molecular weight is 374 g/mol. The number of anilines is 2. The molecule has 1 aromatic carbocycles. The number of carboxylic acid groups (broad SMARTS) is 1. The van der Waals surface area contributed by atoms with E-state index in [1.54, 1.807) is 0 Å². The molecule has 1 fully saturated rings. The van der Waals surface area contributed by atoms with Crippen LogP contribution in [0.3, 0.4) is 0 Å². The highest BCUT2D eigenvalue weighted by Gasteiger charge is 2.38. The topological polar surface area (TPSA) is 105 Å². The molecule has 0 aliphatic carbocycles. The van der Waals surface area contributed by atoms with E-state index < -0.39 is 29.2 Å². The van der Waals surface area contributed by atoms with Gasteiger partial charge in [-0.15, -0.1) is 0 Å². The molecule has 8 nitrogen and oxygen atoms in total. The van der Waals surface area contributed by atoms with Crippen LogP contribution in [0.4, 0.5) is 15.8 Å². The first kappa shape index (κ1) is 18.6. The van der Waals surface area contributed by atoms with Crippen LogP contribution < -0.4 is 10.2 Å². The van der Waals surface area contributed by atoms with Gasteiger partial charge in [0.15, 0.2) is 5.54 Å². The Balaban J connectivity index is 1.69. The lowest BCUT2D eigenvalue weighted by atomic mass is 10.1. The summed E-state index contributed by atoms with van der Waals surface area (Å²) in [4.78, 5) is 37.7. The Hall–Kier alpha value is -3.23. The molecule has 142 valence electrons. The SMILES string of the molecule is CC(C)(C(=O)O)n1cc(NC(=O)C2CCN(c3ccc(F)cc3)C2=O)cn1. The molecule has 1 aliphatic heterocycles. The minimum atomic E-state index is -1.27. The smallest absolute Gasteiger partial charge is 0.331 e. The van der Waals surface area contributed by atoms with Gasteiger partial charge in [-0.3, -0.25) is 14.3 Å². The summed E-state index contributed by atoms with van der Waals surface area (Å²) in [6.07, 6.45) is 3.07. The summed E-state index contributed by atoms with van der Waals surface area (Å²) in [7, 11) is 0. The van der Waals surface area contributed by atoms with E-state index in [1.165, 1.54) is 60.1 Å². The van der Waals surface area contributed by atoms with Gasteiger partial charge < -0.3 is 15.3 Å². The fourth-order valence-electron chi connectivity index (χ4n) is 2.82. The maximum Gasteiger partial charge on any atom is 0.331 e. The molecule has 9 heteroatoms. The second kappa shape index (κ2) is 6.82. The van der Waals surface area contributed by atoms with Crippen molar-refractivity contribution in [2.45, 2.75) is 25.8 Å². The van der Waals surface area contributed by atoms with Gasteiger partial charge in [-0.2, -0.15) is 5.10 Å². The zero-order chi connectivity index (χ0) is 19.8. The summed E-state index contributed by atoms with van der Waals surface area (Å²) in [5, 5.41) is 15.8. The molecular formula is C18H19FN4O4. The normalized spacial score (nSPS) is 17.2. The summed E-state index contributed by atoms with van der Waals surface area (Å²) in [6, 6.07) is 5.50. The highest BCUT2D eigenvalue weighted by Crippen LogP contribution is 2.26. The van der Waals surface area contributed by atoms with Crippen molar-refractivity contribution in [2.24, 2.45) is 5.92 Å². The standard InChI is InChI=1S/C18H19FN4O4/c1-18(2,17(26)27)23-10-12(9-20-23)21-15(24)14-7-8-22(16(14)25)13-5-3-11(19)4-6-13/h3-6,9-10,14H,7-8H2,1-2H3,(H,21,24)(H,26,27). The number of carboxylic acids is 1. The molecule has 0 bridgehead atoms. The lowest BCUT2D eigenvalue weighted by Gasteiger charge is -2.19. The van der Waals surface area contributed by atoms with Gasteiger partial charge in [0, 0.05) is 18.4 Å². The summed E-state index contributed by atoms with van der Waals surface area (Å²) in [5.41, 5.74) is -0.430. The zero-order valence-electron chi connectivity index (χ0n) is 14.8. The van der Waals surface area contributed by atoms with Crippen molar-refractivity contribution in [1.82, 2.24) is 9.78 Å². The number of halogens is 1. The first-order valence-electron chi connectivity index (χ1n) is 8.36. The van der Waals surface area contributed by atoms with Crippen LogP contribution in [0.15, 0.2) is 36.7 Å². The zero-order valence-corrected chi connectivity index (χ0v) is 14.8. The molecule has 27 heavy (non-hydrogen) atoms. The highest BCUT2D eigenvalue weighted by molar-refractivity contribution is 6.13. The van der Waals surface area contributed by atoms with Gasteiger partial charge in [0.05, 0.1) is 11.9 Å². The largest absolute Gasteiger partial charge is 0.479 e. The molecule has 2 amide bonds. The second-order valence-electron chi connectivity index (χ2n) is 6.83. The summed E-state index contributed by atoms with van der Waals surface area (Å²) >= 11 is 0. The predicted octanol–water partition coefficient (Wildman–Crippen LogP) is 1.83. The second-order valence-corrected chi connectivity index (χ2v) is 6.83. The molecule has 2 N–H and O–H groups in total. The molecule has 1 unspecified atom stereocenters. The molecule has 3 rings (SSSR count). The maximum absolute atomic E-state index is 13.0. The first-order valence-corrected chi connectivity index (χ1v) is 8.36. The third kappa shape index (κ3) is 3.53. The number of carbonyl (C=O) groups excluding carboxylic acids is 2. The number of aromatic nitrogens is 2. The Kier molecular flexibility index (Phi) is 4.69. The van der Waals surface area contributed by atoms with Gasteiger partial charge in [-0.25, -0.2) is 9.18 Å². The van der Waals surface area contributed by atoms with Crippen LogP contribution in [0.25, 0.3) is 0 Å². The number of nitrogens with one attached hydrogen (secondary N) is 1. The Labute approximate surface area is 154 Å². The number of carbonyl (C=O) groups is 3. The maximum atomic E-state index is 13.0. The summed E-state index contributed by atoms with van der Waals surface area (Å²) in [6.45, 7) is 3.32. The monoisotopic (exact) mass is 374 g/mol. The molecule has 2 heterocycles. The van der Waals surface area contributed by atoms with Crippen molar-refractivity contribution in [2.75, 3.05) is 16.8 Å². The van der Waals surface area contributed by atoms with Crippen molar-refractivity contribution in [1.29, 1.82) is 0 Å². The quantitative estimate of drug-likeness (QED) is 0.777. The Morgan fingerprint density at radius 1 is 1.30 bits per heavy atom. The van der Waals surface area contributed by atoms with Crippen molar-refractivity contribution in [3.05, 3.63) is 42.5 Å². The highest BCUT2D eigenvalue weighted by atomic mass is 19.1. The molecule has 2 aromatic rings. The molecule has 0 saturated carbocycles. The number of aliphatic carboxylic acids is 1. The third-order valence-corrected chi connectivity index (χ3v) is 4.61. The van der Waals surface area contributed by atoms with E-state index >= 15 is 0 Å². The van der Waals surface area contributed by atoms with Crippen LogP contribution in [0.5, 0.6) is 0 Å². The van der Waals surface area contributed by atoms with Crippen LogP contribution in [-0.2, 0) is 19.9 Å².